The molecule has 1 heterocycles. The second kappa shape index (κ2) is 3.31. The minimum atomic E-state index is -4.34. The first-order chi connectivity index (χ1) is 6.10. The maximum Gasteiger partial charge on any atom is 0.361 e. The smallest absolute Gasteiger partial charge is 0.328 e. The van der Waals surface area contributed by atoms with Gasteiger partial charge in [0.15, 0.2) is 0 Å². The van der Waals surface area contributed by atoms with Crippen LogP contribution < -0.4 is 5.32 Å². The molecular weight excluding hydrogens is 269 g/mol. The molecule has 1 amide bonds. The van der Waals surface area contributed by atoms with Crippen molar-refractivity contribution in [3.8, 4) is 0 Å². The molecule has 1 N–H and O–H groups in total. The van der Waals surface area contributed by atoms with Crippen LogP contribution in [0.5, 0.6) is 0 Å². The average molecular weight is 272 g/mol. The van der Waals surface area contributed by atoms with Gasteiger partial charge in [0.05, 0.1) is 5.75 Å². The molecule has 1 aliphatic rings. The zero-order chi connectivity index (χ0) is 11.2. The summed E-state index contributed by atoms with van der Waals surface area (Å²) in [4.78, 5) is 7.36. The normalized spacial score (nSPS) is 22.3. The average Bonchev–Trinajstić information content (AvgIpc) is 2.28. The molecule has 0 aromatic carbocycles. The van der Waals surface area contributed by atoms with Crippen molar-refractivity contribution in [1.82, 2.24) is 5.32 Å². The van der Waals surface area contributed by atoms with Gasteiger partial charge in [0, 0.05) is 0 Å². The van der Waals surface area contributed by atoms with Crippen LogP contribution in [0.1, 0.15) is 0 Å². The van der Waals surface area contributed by atoms with Gasteiger partial charge in [0.25, 0.3) is 0 Å². The van der Waals surface area contributed by atoms with Crippen molar-refractivity contribution < 1.29 is 22.4 Å². The molecule has 9 heteroatoms. The van der Waals surface area contributed by atoms with Gasteiger partial charge in [-0.25, -0.2) is 0 Å². The van der Waals surface area contributed by atoms with E-state index in [9.17, 15) is 22.4 Å². The van der Waals surface area contributed by atoms with Crippen LogP contribution in [0.2, 0.25) is 0 Å². The van der Waals surface area contributed by atoms with Gasteiger partial charge in [-0.3, -0.25) is 4.79 Å². The van der Waals surface area contributed by atoms with Crippen molar-refractivity contribution in [2.75, 3.05) is 5.75 Å². The van der Waals surface area contributed by atoms with Gasteiger partial charge < -0.3 is 5.32 Å². The van der Waals surface area contributed by atoms with Gasteiger partial charge in [-0.1, -0.05) is 0 Å². The summed E-state index contributed by atoms with van der Waals surface area (Å²) in [6.07, 6.45) is 0. The monoisotopic (exact) mass is 271 g/mol. The summed E-state index contributed by atoms with van der Waals surface area (Å²) in [7, 11) is 0. The number of halogens is 6. The molecule has 1 rings (SSSR count). The molecule has 0 spiro atoms. The van der Waals surface area contributed by atoms with Gasteiger partial charge in [-0.2, -0.15) is 17.6 Å². The number of carbonyl (C=O) groups excluding carboxylic acids is 1. The van der Waals surface area contributed by atoms with Crippen LogP contribution in [0.25, 0.3) is 0 Å². The molecule has 14 heavy (non-hydrogen) atoms. The van der Waals surface area contributed by atoms with E-state index >= 15 is 0 Å². The molecule has 0 aromatic rings. The molecule has 1 saturated heterocycles. The lowest BCUT2D eigenvalue weighted by Crippen LogP contribution is -2.60. The lowest BCUT2D eigenvalue weighted by atomic mass is 10.3. The molecular formula is C5H3Cl2F4NOS. The summed E-state index contributed by atoms with van der Waals surface area (Å²) in [5, 5.41) is -7.27. The van der Waals surface area contributed by atoms with Crippen molar-refractivity contribution >= 4 is 40.9 Å². The lowest BCUT2D eigenvalue weighted by Gasteiger charge is -2.34. The molecule has 0 bridgehead atoms. The van der Waals surface area contributed by atoms with E-state index in [1.165, 1.54) is 5.32 Å². The highest BCUT2D eigenvalue weighted by Gasteiger charge is 2.71. The molecule has 0 aromatic heterocycles. The van der Waals surface area contributed by atoms with Crippen LogP contribution in [0.4, 0.5) is 17.6 Å². The zero-order valence-corrected chi connectivity index (χ0v) is 8.62. The fraction of sp³-hybridized carbons (Fsp3) is 0.800. The molecule has 1 aliphatic heterocycles. The number of rotatable bonds is 2. The number of carbonyl (C=O) groups is 1. The largest absolute Gasteiger partial charge is 0.361 e. The van der Waals surface area contributed by atoms with Crippen molar-refractivity contribution in [3.63, 3.8) is 0 Å². The Hall–Kier alpha value is 0.120. The third-order valence-electron chi connectivity index (χ3n) is 1.53. The first-order valence-electron chi connectivity index (χ1n) is 3.18. The first kappa shape index (κ1) is 12.2. The fourth-order valence-electron chi connectivity index (χ4n) is 0.908. The highest BCUT2D eigenvalue weighted by Crippen LogP contribution is 2.54. The Morgan fingerprint density at radius 3 is 1.86 bits per heavy atom. The van der Waals surface area contributed by atoms with Crippen LogP contribution in [0.3, 0.4) is 0 Å². The molecule has 2 nitrogen and oxygen atoms in total. The Morgan fingerprint density at radius 1 is 1.29 bits per heavy atom. The molecule has 82 valence electrons. The Labute approximate surface area is 90.3 Å². The zero-order valence-electron chi connectivity index (χ0n) is 6.29. The predicted octanol–water partition coefficient (Wildman–Crippen LogP) is 2.21. The van der Waals surface area contributed by atoms with Crippen molar-refractivity contribution in [2.45, 2.75) is 15.6 Å². The Balaban J connectivity index is 3.12. The number of amides is 1. The molecule has 0 radical (unpaired) electrons. The highest BCUT2D eigenvalue weighted by molar-refractivity contribution is 8.02. The summed E-state index contributed by atoms with van der Waals surface area (Å²) in [5.74, 6) is -1.50. The van der Waals surface area contributed by atoms with E-state index in [-0.39, 0.29) is 11.8 Å². The number of nitrogens with one attached hydrogen (secondary N) is 1. The van der Waals surface area contributed by atoms with Crippen LogP contribution >= 0.6 is 35.0 Å². The van der Waals surface area contributed by atoms with Crippen LogP contribution in [0.15, 0.2) is 0 Å². The molecule has 0 aliphatic carbocycles. The standard InChI is InChI=1S/C5H3Cl2F4NOS/c6-4(8,9)3(5(7,10)11)12-2(13)1-14-3/h1H2,(H,12,13). The van der Waals surface area contributed by atoms with Crippen molar-refractivity contribution in [2.24, 2.45) is 0 Å². The van der Waals surface area contributed by atoms with Crippen LogP contribution in [-0.2, 0) is 4.79 Å². The van der Waals surface area contributed by atoms with Gasteiger partial charge >= 0.3 is 10.8 Å². The topological polar surface area (TPSA) is 29.1 Å². The molecule has 0 saturated carbocycles. The van der Waals surface area contributed by atoms with Crippen LogP contribution in [-0.4, -0.2) is 27.3 Å². The van der Waals surface area contributed by atoms with E-state index in [1.807, 2.05) is 0 Å². The van der Waals surface area contributed by atoms with Gasteiger partial charge in [-0.05, 0) is 23.2 Å². The second-order valence-corrected chi connectivity index (χ2v) is 4.65. The molecule has 1 fully saturated rings. The van der Waals surface area contributed by atoms with E-state index in [0.29, 0.717) is 0 Å². The maximum atomic E-state index is 12.7. The summed E-state index contributed by atoms with van der Waals surface area (Å²) in [6, 6.07) is 0. The summed E-state index contributed by atoms with van der Waals surface area (Å²) in [6.45, 7) is 0. The number of hydrogen-bond donors (Lipinski definition) is 1. The van der Waals surface area contributed by atoms with E-state index in [4.69, 9.17) is 0 Å². The molecule has 0 atom stereocenters. The highest BCUT2D eigenvalue weighted by atomic mass is 35.5. The Bertz CT molecular complexity index is 249. The minimum absolute atomic E-state index is 0.0127. The van der Waals surface area contributed by atoms with E-state index in [2.05, 4.69) is 23.2 Å². The third-order valence-corrected chi connectivity index (χ3v) is 3.78. The number of thioether (sulfide) groups is 1. The van der Waals surface area contributed by atoms with Crippen LogP contribution in [0, 0.1) is 0 Å². The lowest BCUT2D eigenvalue weighted by molar-refractivity contribution is -0.126. The van der Waals surface area contributed by atoms with E-state index in [0.717, 1.165) is 0 Å². The van der Waals surface area contributed by atoms with Gasteiger partial charge in [0.2, 0.25) is 10.8 Å². The quantitative estimate of drug-likeness (QED) is 0.616. The fourth-order valence-corrected chi connectivity index (χ4v) is 2.55. The Morgan fingerprint density at radius 2 is 1.71 bits per heavy atom. The van der Waals surface area contributed by atoms with E-state index in [1.54, 1.807) is 0 Å². The van der Waals surface area contributed by atoms with Crippen molar-refractivity contribution in [1.29, 1.82) is 0 Å². The third kappa shape index (κ3) is 1.77. The first-order valence-corrected chi connectivity index (χ1v) is 4.93. The summed E-state index contributed by atoms with van der Waals surface area (Å²) in [5.41, 5.74) is 0. The van der Waals surface area contributed by atoms with Gasteiger partial charge in [-0.15, -0.1) is 11.8 Å². The maximum absolute atomic E-state index is 12.7. The van der Waals surface area contributed by atoms with E-state index < -0.39 is 27.3 Å². The number of hydrogen-bond acceptors (Lipinski definition) is 2. The Kier molecular flexibility index (Phi) is 2.88. The summed E-state index contributed by atoms with van der Waals surface area (Å²) < 4.78 is 50.9. The predicted molar refractivity (Wildman–Crippen MR) is 44.9 cm³/mol. The molecule has 0 unspecified atom stereocenters. The summed E-state index contributed by atoms with van der Waals surface area (Å²) >= 11 is 9.01. The van der Waals surface area contributed by atoms with Crippen molar-refractivity contribution in [3.05, 3.63) is 0 Å². The number of alkyl halides is 6. The second-order valence-electron chi connectivity index (χ2n) is 2.51. The minimum Gasteiger partial charge on any atom is -0.328 e. The SMILES string of the molecule is O=C1CSC(C(F)(F)Cl)(C(F)(F)Cl)N1. The van der Waals surface area contributed by atoms with Gasteiger partial charge in [0.1, 0.15) is 0 Å².